The van der Waals surface area contributed by atoms with Gasteiger partial charge in [0.05, 0.1) is 0 Å². The molecule has 1 atom stereocenters. The monoisotopic (exact) mass is 217 g/mol. The summed E-state index contributed by atoms with van der Waals surface area (Å²) in [4.78, 5) is 21.0. The zero-order valence-corrected chi connectivity index (χ0v) is 7.53. The van der Waals surface area contributed by atoms with Crippen LogP contribution in [0.25, 0.3) is 0 Å². The standard InChI is InChI=1S/C5H6F3NO3S/c1-3(10)9(4(2)11)13(12)5(6,7)8/h1-2H3. The van der Waals surface area contributed by atoms with Gasteiger partial charge in [0.2, 0.25) is 22.8 Å². The van der Waals surface area contributed by atoms with E-state index in [9.17, 15) is 27.0 Å². The zero-order chi connectivity index (χ0) is 10.8. The first-order valence-electron chi connectivity index (χ1n) is 2.98. The lowest BCUT2D eigenvalue weighted by molar-refractivity contribution is -0.137. The fourth-order valence-electron chi connectivity index (χ4n) is 0.559. The summed E-state index contributed by atoms with van der Waals surface area (Å²) in [6.07, 6.45) is 0. The van der Waals surface area contributed by atoms with E-state index in [0.29, 0.717) is 0 Å². The summed E-state index contributed by atoms with van der Waals surface area (Å²) < 4.78 is 45.5. The van der Waals surface area contributed by atoms with Crippen molar-refractivity contribution in [3.63, 3.8) is 0 Å². The Morgan fingerprint density at radius 3 is 1.54 bits per heavy atom. The fourth-order valence-corrected chi connectivity index (χ4v) is 1.23. The summed E-state index contributed by atoms with van der Waals surface area (Å²) in [5, 5.41) is 0. The quantitative estimate of drug-likeness (QED) is 0.645. The molecule has 0 saturated carbocycles. The van der Waals surface area contributed by atoms with Gasteiger partial charge in [-0.2, -0.15) is 17.5 Å². The normalized spacial score (nSPS) is 13.6. The summed E-state index contributed by atoms with van der Waals surface area (Å²) in [7, 11) is -3.60. The molecule has 0 N–H and O–H groups in total. The Morgan fingerprint density at radius 1 is 1.15 bits per heavy atom. The van der Waals surface area contributed by atoms with E-state index in [-0.39, 0.29) is 4.31 Å². The van der Waals surface area contributed by atoms with Gasteiger partial charge < -0.3 is 0 Å². The molecule has 0 heterocycles. The number of rotatable bonds is 1. The van der Waals surface area contributed by atoms with E-state index >= 15 is 0 Å². The number of halogens is 3. The van der Waals surface area contributed by atoms with Crippen molar-refractivity contribution in [2.24, 2.45) is 0 Å². The van der Waals surface area contributed by atoms with Crippen LogP contribution in [0.1, 0.15) is 13.8 Å². The van der Waals surface area contributed by atoms with Gasteiger partial charge in [-0.25, -0.2) is 4.21 Å². The smallest absolute Gasteiger partial charge is 0.274 e. The molecule has 0 aromatic heterocycles. The second kappa shape index (κ2) is 3.86. The molecule has 1 unspecified atom stereocenters. The van der Waals surface area contributed by atoms with Crippen LogP contribution in [0.5, 0.6) is 0 Å². The third kappa shape index (κ3) is 3.13. The van der Waals surface area contributed by atoms with Crippen molar-refractivity contribution in [2.45, 2.75) is 19.4 Å². The van der Waals surface area contributed by atoms with Crippen LogP contribution in [-0.2, 0) is 20.6 Å². The van der Waals surface area contributed by atoms with E-state index in [0.717, 1.165) is 13.8 Å². The van der Waals surface area contributed by atoms with Crippen LogP contribution in [0.15, 0.2) is 0 Å². The van der Waals surface area contributed by atoms with Gasteiger partial charge in [-0.1, -0.05) is 0 Å². The van der Waals surface area contributed by atoms with Crippen molar-refractivity contribution < 1.29 is 27.0 Å². The first kappa shape index (κ1) is 12.1. The van der Waals surface area contributed by atoms with E-state index in [4.69, 9.17) is 0 Å². The Morgan fingerprint density at radius 2 is 1.46 bits per heavy atom. The number of amides is 2. The van der Waals surface area contributed by atoms with Crippen LogP contribution in [0.3, 0.4) is 0 Å². The maximum Gasteiger partial charge on any atom is 0.491 e. The molecule has 0 radical (unpaired) electrons. The highest BCUT2D eigenvalue weighted by atomic mass is 32.2. The third-order valence-electron chi connectivity index (χ3n) is 0.936. The van der Waals surface area contributed by atoms with Crippen molar-refractivity contribution in [2.75, 3.05) is 0 Å². The minimum absolute atomic E-state index is 0.347. The first-order chi connectivity index (χ1) is 5.68. The van der Waals surface area contributed by atoms with Crippen molar-refractivity contribution in [1.29, 1.82) is 0 Å². The van der Waals surface area contributed by atoms with E-state index in [1.807, 2.05) is 0 Å². The second-order valence-corrected chi connectivity index (χ2v) is 3.35. The predicted octanol–water partition coefficient (Wildman–Crippen LogP) is 0.565. The Hall–Kier alpha value is -0.920. The van der Waals surface area contributed by atoms with Crippen molar-refractivity contribution in [3.8, 4) is 0 Å². The molecule has 0 fully saturated rings. The van der Waals surface area contributed by atoms with E-state index in [1.165, 1.54) is 0 Å². The summed E-state index contributed by atoms with van der Waals surface area (Å²) in [5.74, 6) is -2.41. The molecular weight excluding hydrogens is 211 g/mol. The maximum absolute atomic E-state index is 11.8. The lowest BCUT2D eigenvalue weighted by Crippen LogP contribution is -2.41. The van der Waals surface area contributed by atoms with Gasteiger partial charge in [0.1, 0.15) is 0 Å². The molecular formula is C5H6F3NO3S. The van der Waals surface area contributed by atoms with Crippen LogP contribution in [0.4, 0.5) is 13.2 Å². The molecule has 0 aromatic carbocycles. The highest BCUT2D eigenvalue weighted by molar-refractivity contribution is 7.84. The van der Waals surface area contributed by atoms with E-state index < -0.39 is 28.3 Å². The molecule has 0 saturated heterocycles. The van der Waals surface area contributed by atoms with E-state index in [2.05, 4.69) is 0 Å². The van der Waals surface area contributed by atoms with Gasteiger partial charge in [-0.15, -0.1) is 0 Å². The van der Waals surface area contributed by atoms with Gasteiger partial charge in [-0.3, -0.25) is 9.59 Å². The average Bonchev–Trinajstić information content (AvgIpc) is 1.82. The highest BCUT2D eigenvalue weighted by Crippen LogP contribution is 2.22. The molecule has 8 heteroatoms. The fraction of sp³-hybridized carbons (Fsp3) is 0.600. The van der Waals surface area contributed by atoms with Crippen molar-refractivity contribution in [3.05, 3.63) is 0 Å². The average molecular weight is 217 g/mol. The Balaban J connectivity index is 4.89. The predicted molar refractivity (Wildman–Crippen MR) is 37.4 cm³/mol. The number of carbonyl (C=O) groups is 2. The maximum atomic E-state index is 11.8. The van der Waals surface area contributed by atoms with Crippen LogP contribution in [-0.4, -0.2) is 25.8 Å². The van der Waals surface area contributed by atoms with Gasteiger partial charge in [-0.05, 0) is 0 Å². The molecule has 76 valence electrons. The van der Waals surface area contributed by atoms with Gasteiger partial charge in [0, 0.05) is 13.8 Å². The number of hydrogen-bond donors (Lipinski definition) is 0. The van der Waals surface area contributed by atoms with Crippen LogP contribution in [0.2, 0.25) is 0 Å². The number of nitrogens with zero attached hydrogens (tertiary/aromatic N) is 1. The SMILES string of the molecule is CC(=O)N(C(C)=O)S(=O)C(F)(F)F. The molecule has 4 nitrogen and oxygen atoms in total. The van der Waals surface area contributed by atoms with Crippen LogP contribution < -0.4 is 0 Å². The van der Waals surface area contributed by atoms with Gasteiger partial charge in [0.15, 0.2) is 0 Å². The largest absolute Gasteiger partial charge is 0.491 e. The molecule has 0 aromatic rings. The molecule has 0 bridgehead atoms. The van der Waals surface area contributed by atoms with Crippen LogP contribution in [0, 0.1) is 0 Å². The lowest BCUT2D eigenvalue weighted by Gasteiger charge is -2.16. The number of hydrogen-bond acceptors (Lipinski definition) is 3. The second-order valence-electron chi connectivity index (χ2n) is 2.03. The van der Waals surface area contributed by atoms with Gasteiger partial charge in [0.25, 0.3) is 0 Å². The van der Waals surface area contributed by atoms with Crippen molar-refractivity contribution in [1.82, 2.24) is 4.31 Å². The number of alkyl halides is 3. The van der Waals surface area contributed by atoms with E-state index in [1.54, 1.807) is 0 Å². The Kier molecular flexibility index (Phi) is 3.59. The molecule has 0 rings (SSSR count). The Labute approximate surface area is 74.3 Å². The zero-order valence-electron chi connectivity index (χ0n) is 6.71. The summed E-state index contributed by atoms with van der Waals surface area (Å²) in [6, 6.07) is 0. The molecule has 0 spiro atoms. The number of imide groups is 1. The Bertz CT molecular complexity index is 248. The molecule has 2 amide bonds. The van der Waals surface area contributed by atoms with Gasteiger partial charge >= 0.3 is 5.51 Å². The highest BCUT2D eigenvalue weighted by Gasteiger charge is 2.44. The minimum Gasteiger partial charge on any atom is -0.274 e. The summed E-state index contributed by atoms with van der Waals surface area (Å²) in [5.41, 5.74) is -5.10. The van der Waals surface area contributed by atoms with Crippen molar-refractivity contribution >= 4 is 22.8 Å². The number of carbonyl (C=O) groups excluding carboxylic acids is 2. The lowest BCUT2D eigenvalue weighted by atomic mass is 10.6. The summed E-state index contributed by atoms with van der Waals surface area (Å²) in [6.45, 7) is 1.45. The summed E-state index contributed by atoms with van der Waals surface area (Å²) >= 11 is 0. The molecule has 0 aliphatic carbocycles. The molecule has 0 aliphatic heterocycles. The minimum atomic E-state index is -5.10. The first-order valence-corrected chi connectivity index (χ1v) is 4.08. The van der Waals surface area contributed by atoms with Crippen LogP contribution >= 0.6 is 0 Å². The third-order valence-corrected chi connectivity index (χ3v) is 2.18. The molecule has 0 aliphatic rings. The topological polar surface area (TPSA) is 54.5 Å². The molecule has 13 heavy (non-hydrogen) atoms.